The van der Waals surface area contributed by atoms with Gasteiger partial charge in [-0.15, -0.1) is 0 Å². The lowest BCUT2D eigenvalue weighted by molar-refractivity contribution is -0.132. The summed E-state index contributed by atoms with van der Waals surface area (Å²) in [7, 11) is 1.80. The number of nitrogens with zero attached hydrogens (tertiary/aromatic N) is 2. The molecular formula is C13H19N3O. The zero-order valence-corrected chi connectivity index (χ0v) is 10.2. The van der Waals surface area contributed by atoms with Crippen molar-refractivity contribution in [1.82, 2.24) is 9.88 Å². The largest absolute Gasteiger partial charge is 0.340 e. The first-order chi connectivity index (χ1) is 8.09. The molecule has 4 nitrogen and oxygen atoms in total. The van der Waals surface area contributed by atoms with Crippen LogP contribution in [0.4, 0.5) is 0 Å². The van der Waals surface area contributed by atoms with Crippen molar-refractivity contribution < 1.29 is 4.79 Å². The van der Waals surface area contributed by atoms with Gasteiger partial charge in [-0.1, -0.05) is 6.07 Å². The van der Waals surface area contributed by atoms with Gasteiger partial charge in [0, 0.05) is 25.2 Å². The average Bonchev–Trinajstić information content (AvgIpc) is 2.28. The summed E-state index contributed by atoms with van der Waals surface area (Å²) >= 11 is 0. The fourth-order valence-corrected chi connectivity index (χ4v) is 2.07. The molecule has 4 heteroatoms. The van der Waals surface area contributed by atoms with E-state index in [-0.39, 0.29) is 11.4 Å². The highest BCUT2D eigenvalue weighted by molar-refractivity contribution is 5.77. The first-order valence-electron chi connectivity index (χ1n) is 6.02. The number of amides is 1. The van der Waals surface area contributed by atoms with E-state index in [1.165, 1.54) is 0 Å². The smallest absolute Gasteiger partial charge is 0.224 e. The molecule has 1 aromatic rings. The van der Waals surface area contributed by atoms with Crippen LogP contribution in [0.5, 0.6) is 0 Å². The lowest BCUT2D eigenvalue weighted by atomic mass is 9.75. The predicted molar refractivity (Wildman–Crippen MR) is 66.1 cm³/mol. The van der Waals surface area contributed by atoms with Crippen LogP contribution in [0.25, 0.3) is 0 Å². The molecule has 0 spiro atoms. The van der Waals surface area contributed by atoms with Crippen molar-refractivity contribution in [3.63, 3.8) is 0 Å². The summed E-state index contributed by atoms with van der Waals surface area (Å²) in [5.41, 5.74) is 6.74. The van der Waals surface area contributed by atoms with Crippen molar-refractivity contribution >= 4 is 5.91 Å². The van der Waals surface area contributed by atoms with Gasteiger partial charge in [-0.05, 0) is 31.4 Å². The van der Waals surface area contributed by atoms with Gasteiger partial charge in [-0.2, -0.15) is 0 Å². The van der Waals surface area contributed by atoms with E-state index in [1.54, 1.807) is 18.1 Å². The van der Waals surface area contributed by atoms with Crippen LogP contribution in [-0.4, -0.2) is 28.4 Å². The zero-order valence-electron chi connectivity index (χ0n) is 10.2. The molecule has 0 aromatic carbocycles. The Labute approximate surface area is 102 Å². The Morgan fingerprint density at radius 3 is 2.82 bits per heavy atom. The topological polar surface area (TPSA) is 59.2 Å². The van der Waals surface area contributed by atoms with E-state index in [4.69, 9.17) is 5.73 Å². The third-order valence-electron chi connectivity index (χ3n) is 3.40. The molecule has 1 aromatic heterocycles. The standard InChI is InChI=1S/C13H19N3O/c1-16(10-11-5-2-3-8-15-11)12(17)9-13(14)6-4-7-13/h2-3,5,8H,4,6-7,9-10,14H2,1H3. The summed E-state index contributed by atoms with van der Waals surface area (Å²) in [5, 5.41) is 0. The first kappa shape index (κ1) is 12.0. The van der Waals surface area contributed by atoms with Crippen LogP contribution < -0.4 is 5.73 Å². The number of hydrogen-bond acceptors (Lipinski definition) is 3. The number of rotatable bonds is 4. The normalized spacial score (nSPS) is 17.3. The number of carbonyl (C=O) groups is 1. The Bertz CT molecular complexity index is 387. The lowest BCUT2D eigenvalue weighted by Crippen LogP contribution is -2.50. The Hall–Kier alpha value is -1.42. The maximum Gasteiger partial charge on any atom is 0.224 e. The minimum Gasteiger partial charge on any atom is -0.340 e. The molecule has 0 atom stereocenters. The molecule has 0 radical (unpaired) electrons. The molecule has 1 saturated carbocycles. The summed E-state index contributed by atoms with van der Waals surface area (Å²) in [4.78, 5) is 17.9. The Morgan fingerprint density at radius 2 is 2.29 bits per heavy atom. The quantitative estimate of drug-likeness (QED) is 0.853. The second kappa shape index (κ2) is 4.84. The molecule has 2 rings (SSSR count). The first-order valence-corrected chi connectivity index (χ1v) is 6.02. The SMILES string of the molecule is CN(Cc1ccccn1)C(=O)CC1(N)CCC1. The molecule has 0 bridgehead atoms. The van der Waals surface area contributed by atoms with Gasteiger partial charge in [0.15, 0.2) is 0 Å². The van der Waals surface area contributed by atoms with E-state index in [0.29, 0.717) is 13.0 Å². The Kier molecular flexibility index (Phi) is 3.43. The highest BCUT2D eigenvalue weighted by Gasteiger charge is 2.35. The van der Waals surface area contributed by atoms with Gasteiger partial charge in [-0.3, -0.25) is 9.78 Å². The van der Waals surface area contributed by atoms with Crippen LogP contribution in [0.15, 0.2) is 24.4 Å². The Morgan fingerprint density at radius 1 is 1.53 bits per heavy atom. The fraction of sp³-hybridized carbons (Fsp3) is 0.538. The molecule has 2 N–H and O–H groups in total. The molecule has 1 aliphatic carbocycles. The maximum atomic E-state index is 12.0. The van der Waals surface area contributed by atoms with Gasteiger partial charge in [0.1, 0.15) is 0 Å². The van der Waals surface area contributed by atoms with Gasteiger partial charge in [-0.25, -0.2) is 0 Å². The number of nitrogens with two attached hydrogens (primary N) is 1. The monoisotopic (exact) mass is 233 g/mol. The summed E-state index contributed by atoms with van der Waals surface area (Å²) in [6, 6.07) is 5.72. The van der Waals surface area contributed by atoms with Crippen LogP contribution in [0.2, 0.25) is 0 Å². The summed E-state index contributed by atoms with van der Waals surface area (Å²) in [6.45, 7) is 0.551. The molecule has 1 amide bonds. The van der Waals surface area contributed by atoms with E-state index >= 15 is 0 Å². The third kappa shape index (κ3) is 3.03. The van der Waals surface area contributed by atoms with Crippen LogP contribution in [0.1, 0.15) is 31.4 Å². The molecule has 1 fully saturated rings. The van der Waals surface area contributed by atoms with Crippen molar-refractivity contribution in [2.75, 3.05) is 7.05 Å². The van der Waals surface area contributed by atoms with E-state index in [9.17, 15) is 4.79 Å². The number of pyridine rings is 1. The van der Waals surface area contributed by atoms with Gasteiger partial charge < -0.3 is 10.6 Å². The van der Waals surface area contributed by atoms with Crippen LogP contribution >= 0.6 is 0 Å². The molecule has 92 valence electrons. The van der Waals surface area contributed by atoms with E-state index in [1.807, 2.05) is 18.2 Å². The zero-order chi connectivity index (χ0) is 12.3. The van der Waals surface area contributed by atoms with Crippen molar-refractivity contribution in [1.29, 1.82) is 0 Å². The van der Waals surface area contributed by atoms with E-state index < -0.39 is 0 Å². The number of aromatic nitrogens is 1. The second-order valence-corrected chi connectivity index (χ2v) is 4.96. The maximum absolute atomic E-state index is 12.0. The molecule has 0 unspecified atom stereocenters. The van der Waals surface area contributed by atoms with Gasteiger partial charge >= 0.3 is 0 Å². The van der Waals surface area contributed by atoms with Crippen LogP contribution in [0, 0.1) is 0 Å². The highest BCUT2D eigenvalue weighted by atomic mass is 16.2. The van der Waals surface area contributed by atoms with Gasteiger partial charge in [0.05, 0.1) is 12.2 Å². The van der Waals surface area contributed by atoms with Gasteiger partial charge in [0.2, 0.25) is 5.91 Å². The molecule has 1 aliphatic rings. The fourth-order valence-electron chi connectivity index (χ4n) is 2.07. The van der Waals surface area contributed by atoms with Crippen LogP contribution in [-0.2, 0) is 11.3 Å². The number of carbonyl (C=O) groups excluding carboxylic acids is 1. The summed E-state index contributed by atoms with van der Waals surface area (Å²) < 4.78 is 0. The van der Waals surface area contributed by atoms with Crippen molar-refractivity contribution in [3.05, 3.63) is 30.1 Å². The lowest BCUT2D eigenvalue weighted by Gasteiger charge is -2.38. The second-order valence-electron chi connectivity index (χ2n) is 4.96. The minimum absolute atomic E-state index is 0.109. The summed E-state index contributed by atoms with van der Waals surface area (Å²) in [6.07, 6.45) is 5.28. The van der Waals surface area contributed by atoms with Gasteiger partial charge in [0.25, 0.3) is 0 Å². The third-order valence-corrected chi connectivity index (χ3v) is 3.40. The van der Waals surface area contributed by atoms with E-state index in [2.05, 4.69) is 4.98 Å². The van der Waals surface area contributed by atoms with Crippen molar-refractivity contribution in [3.8, 4) is 0 Å². The van der Waals surface area contributed by atoms with E-state index in [0.717, 1.165) is 25.0 Å². The minimum atomic E-state index is -0.241. The molecular weight excluding hydrogens is 214 g/mol. The number of hydrogen-bond donors (Lipinski definition) is 1. The average molecular weight is 233 g/mol. The van der Waals surface area contributed by atoms with Crippen LogP contribution in [0.3, 0.4) is 0 Å². The molecule has 0 saturated heterocycles. The van der Waals surface area contributed by atoms with Crippen molar-refractivity contribution in [2.45, 2.75) is 37.8 Å². The van der Waals surface area contributed by atoms with Crippen molar-refractivity contribution in [2.24, 2.45) is 5.73 Å². The highest BCUT2D eigenvalue weighted by Crippen LogP contribution is 2.32. The predicted octanol–water partition coefficient (Wildman–Crippen LogP) is 1.31. The molecule has 17 heavy (non-hydrogen) atoms. The Balaban J connectivity index is 1.87. The molecule has 0 aliphatic heterocycles. The summed E-state index contributed by atoms with van der Waals surface area (Å²) in [5.74, 6) is 0.109. The molecule has 1 heterocycles.